The minimum atomic E-state index is 0.223. The van der Waals surface area contributed by atoms with Gasteiger partial charge in [0.1, 0.15) is 5.52 Å². The summed E-state index contributed by atoms with van der Waals surface area (Å²) in [6.45, 7) is 0.223. The van der Waals surface area contributed by atoms with Crippen molar-refractivity contribution in [1.29, 1.82) is 0 Å². The molecule has 0 aliphatic rings. The quantitative estimate of drug-likeness (QED) is 0.647. The van der Waals surface area contributed by atoms with Crippen molar-refractivity contribution >= 4 is 11.0 Å². The molecule has 0 radical (unpaired) electrons. The molecule has 12 heavy (non-hydrogen) atoms. The van der Waals surface area contributed by atoms with E-state index in [1.807, 2.05) is 24.3 Å². The highest BCUT2D eigenvalue weighted by atomic mass is 16.6. The summed E-state index contributed by atoms with van der Waals surface area (Å²) < 4.78 is 1.59. The van der Waals surface area contributed by atoms with E-state index >= 15 is 0 Å². The van der Waals surface area contributed by atoms with E-state index in [1.165, 1.54) is 0 Å². The van der Waals surface area contributed by atoms with Crippen LogP contribution in [0.25, 0.3) is 11.0 Å². The van der Waals surface area contributed by atoms with Crippen molar-refractivity contribution in [3.05, 3.63) is 24.3 Å². The number of hydrogen-bond donors (Lipinski definition) is 1. The Morgan fingerprint density at radius 3 is 3.08 bits per heavy atom. The highest BCUT2D eigenvalue weighted by Crippen LogP contribution is 2.08. The molecule has 0 aliphatic carbocycles. The first-order valence-electron chi connectivity index (χ1n) is 3.52. The molecule has 0 bridgehead atoms. The highest BCUT2D eigenvalue weighted by molar-refractivity contribution is 5.73. The van der Waals surface area contributed by atoms with E-state index in [-0.39, 0.29) is 6.73 Å². The summed E-state index contributed by atoms with van der Waals surface area (Å²) in [5.41, 5.74) is 1.76. The fourth-order valence-electron chi connectivity index (χ4n) is 1.08. The molecule has 62 valence electrons. The van der Waals surface area contributed by atoms with Crippen molar-refractivity contribution in [2.24, 2.45) is 5.90 Å². The topological polar surface area (TPSA) is 66.0 Å². The Morgan fingerprint density at radius 2 is 2.25 bits per heavy atom. The average molecular weight is 164 g/mol. The van der Waals surface area contributed by atoms with Crippen molar-refractivity contribution in [3.8, 4) is 0 Å². The van der Waals surface area contributed by atoms with E-state index in [9.17, 15) is 0 Å². The van der Waals surface area contributed by atoms with E-state index in [0.717, 1.165) is 11.0 Å². The molecule has 1 aromatic heterocycles. The Bertz CT molecular complexity index is 384. The number of hydrogen-bond acceptors (Lipinski definition) is 4. The van der Waals surface area contributed by atoms with Gasteiger partial charge in [-0.2, -0.15) is 0 Å². The Morgan fingerprint density at radius 1 is 1.42 bits per heavy atom. The van der Waals surface area contributed by atoms with Crippen LogP contribution in [0, 0.1) is 0 Å². The number of nitrogens with two attached hydrogens (primary N) is 1. The first kappa shape index (κ1) is 7.20. The summed E-state index contributed by atoms with van der Waals surface area (Å²) in [7, 11) is 0. The van der Waals surface area contributed by atoms with Crippen LogP contribution in [0.1, 0.15) is 0 Å². The lowest BCUT2D eigenvalue weighted by Crippen LogP contribution is -2.07. The van der Waals surface area contributed by atoms with Gasteiger partial charge in [-0.3, -0.25) is 4.84 Å². The molecule has 5 nitrogen and oxygen atoms in total. The zero-order chi connectivity index (χ0) is 8.39. The van der Waals surface area contributed by atoms with Gasteiger partial charge in [0.25, 0.3) is 0 Å². The third-order valence-corrected chi connectivity index (χ3v) is 1.62. The number of nitrogens with zero attached hydrogens (tertiary/aromatic N) is 3. The molecule has 0 fully saturated rings. The van der Waals surface area contributed by atoms with Crippen LogP contribution in [-0.2, 0) is 11.6 Å². The number of para-hydroxylation sites is 1. The molecule has 0 amide bonds. The van der Waals surface area contributed by atoms with Crippen LogP contribution in [0.3, 0.4) is 0 Å². The monoisotopic (exact) mass is 164 g/mol. The average Bonchev–Trinajstić information content (AvgIpc) is 2.50. The second kappa shape index (κ2) is 2.88. The standard InChI is InChI=1S/C7H8N4O/c8-12-5-11-7-4-2-1-3-6(7)9-10-11/h1-4H,5,8H2. The summed E-state index contributed by atoms with van der Waals surface area (Å²) in [5.74, 6) is 4.92. The summed E-state index contributed by atoms with van der Waals surface area (Å²) in [5, 5.41) is 7.76. The largest absolute Gasteiger partial charge is 0.281 e. The van der Waals surface area contributed by atoms with Crippen LogP contribution < -0.4 is 5.90 Å². The molecule has 2 rings (SSSR count). The third kappa shape index (κ3) is 1.05. The van der Waals surface area contributed by atoms with Gasteiger partial charge in [0.2, 0.25) is 0 Å². The molecule has 0 saturated carbocycles. The number of benzene rings is 1. The second-order valence-corrected chi connectivity index (χ2v) is 2.37. The molecule has 0 spiro atoms. The lowest BCUT2D eigenvalue weighted by molar-refractivity contribution is 0.0713. The molecule has 0 atom stereocenters. The lowest BCUT2D eigenvalue weighted by atomic mass is 10.3. The van der Waals surface area contributed by atoms with Crippen LogP contribution in [0.2, 0.25) is 0 Å². The minimum Gasteiger partial charge on any atom is -0.281 e. The van der Waals surface area contributed by atoms with Crippen molar-refractivity contribution in [2.75, 3.05) is 0 Å². The predicted molar refractivity (Wildman–Crippen MR) is 42.8 cm³/mol. The molecule has 2 aromatic rings. The lowest BCUT2D eigenvalue weighted by Gasteiger charge is -1.96. The minimum absolute atomic E-state index is 0.223. The zero-order valence-corrected chi connectivity index (χ0v) is 6.34. The number of rotatable bonds is 2. The Labute approximate surface area is 68.7 Å². The third-order valence-electron chi connectivity index (χ3n) is 1.62. The van der Waals surface area contributed by atoms with Crippen molar-refractivity contribution < 1.29 is 4.84 Å². The first-order chi connectivity index (χ1) is 5.92. The van der Waals surface area contributed by atoms with Gasteiger partial charge in [0.15, 0.2) is 6.73 Å². The molecule has 0 aliphatic heterocycles. The van der Waals surface area contributed by atoms with E-state index in [0.29, 0.717) is 0 Å². The maximum Gasteiger partial charge on any atom is 0.162 e. The van der Waals surface area contributed by atoms with Gasteiger partial charge in [-0.25, -0.2) is 10.6 Å². The SMILES string of the molecule is NOCn1nnc2ccccc21. The van der Waals surface area contributed by atoms with Gasteiger partial charge in [-0.15, -0.1) is 5.10 Å². The summed E-state index contributed by atoms with van der Waals surface area (Å²) in [4.78, 5) is 4.45. The molecular formula is C7H8N4O. The van der Waals surface area contributed by atoms with Gasteiger partial charge < -0.3 is 0 Å². The van der Waals surface area contributed by atoms with Crippen LogP contribution in [0.4, 0.5) is 0 Å². The number of fused-ring (bicyclic) bond motifs is 1. The van der Waals surface area contributed by atoms with Gasteiger partial charge in [-0.1, -0.05) is 17.3 Å². The van der Waals surface area contributed by atoms with Crippen molar-refractivity contribution in [1.82, 2.24) is 15.0 Å². The Balaban J connectivity index is 2.55. The second-order valence-electron chi connectivity index (χ2n) is 2.37. The van der Waals surface area contributed by atoms with E-state index < -0.39 is 0 Å². The predicted octanol–water partition coefficient (Wildman–Crippen LogP) is 0.279. The van der Waals surface area contributed by atoms with Gasteiger partial charge in [0.05, 0.1) is 5.52 Å². The van der Waals surface area contributed by atoms with Crippen LogP contribution in [0.5, 0.6) is 0 Å². The Hall–Kier alpha value is -1.46. The molecular weight excluding hydrogens is 156 g/mol. The van der Waals surface area contributed by atoms with E-state index in [1.54, 1.807) is 4.68 Å². The molecule has 5 heteroatoms. The van der Waals surface area contributed by atoms with Gasteiger partial charge >= 0.3 is 0 Å². The molecule has 0 saturated heterocycles. The maximum absolute atomic E-state index is 4.92. The van der Waals surface area contributed by atoms with E-state index in [2.05, 4.69) is 15.1 Å². The molecule has 1 aromatic carbocycles. The molecule has 0 unspecified atom stereocenters. The normalized spacial score (nSPS) is 10.8. The zero-order valence-electron chi connectivity index (χ0n) is 6.34. The Kier molecular flexibility index (Phi) is 1.73. The van der Waals surface area contributed by atoms with Crippen LogP contribution >= 0.6 is 0 Å². The highest BCUT2D eigenvalue weighted by Gasteiger charge is 2.00. The summed E-state index contributed by atoms with van der Waals surface area (Å²) in [6, 6.07) is 7.62. The summed E-state index contributed by atoms with van der Waals surface area (Å²) in [6.07, 6.45) is 0. The molecule has 2 N–H and O–H groups in total. The van der Waals surface area contributed by atoms with Gasteiger partial charge in [-0.05, 0) is 12.1 Å². The van der Waals surface area contributed by atoms with E-state index in [4.69, 9.17) is 5.90 Å². The number of aromatic nitrogens is 3. The fraction of sp³-hybridized carbons (Fsp3) is 0.143. The van der Waals surface area contributed by atoms with Gasteiger partial charge in [0, 0.05) is 0 Å². The molecule has 1 heterocycles. The van der Waals surface area contributed by atoms with Crippen molar-refractivity contribution in [2.45, 2.75) is 6.73 Å². The maximum atomic E-state index is 4.92. The fourth-order valence-corrected chi connectivity index (χ4v) is 1.08. The summed E-state index contributed by atoms with van der Waals surface area (Å²) >= 11 is 0. The van der Waals surface area contributed by atoms with Crippen molar-refractivity contribution in [3.63, 3.8) is 0 Å². The van der Waals surface area contributed by atoms with Crippen LogP contribution in [0.15, 0.2) is 24.3 Å². The van der Waals surface area contributed by atoms with Crippen LogP contribution in [-0.4, -0.2) is 15.0 Å². The smallest absolute Gasteiger partial charge is 0.162 e. The first-order valence-corrected chi connectivity index (χ1v) is 3.52.